The molecule has 10 nitrogen and oxygen atoms in total. The number of sulfonamides is 1. The van der Waals surface area contributed by atoms with Gasteiger partial charge in [-0.3, -0.25) is 4.57 Å². The molecule has 1 saturated heterocycles. The number of benzene rings is 1. The van der Waals surface area contributed by atoms with Gasteiger partial charge < -0.3 is 19.6 Å². The Hall–Kier alpha value is -2.66. The molecule has 0 amide bonds. The quantitative estimate of drug-likeness (QED) is 0.528. The summed E-state index contributed by atoms with van der Waals surface area (Å²) in [6, 6.07) is 6.49. The van der Waals surface area contributed by atoms with Gasteiger partial charge in [0.05, 0.1) is 11.4 Å². The van der Waals surface area contributed by atoms with Crippen LogP contribution in [0.3, 0.4) is 0 Å². The summed E-state index contributed by atoms with van der Waals surface area (Å²) in [5, 5.41) is 10.8. The number of imidazole rings is 1. The minimum Gasteiger partial charge on any atom is -0.489 e. The summed E-state index contributed by atoms with van der Waals surface area (Å²) in [5.74, 6) is 0.258. The fraction of sp³-hybridized carbons (Fsp3) is 0.471. The smallest absolute Gasteiger partial charge is 0.415 e. The third-order valence-corrected chi connectivity index (χ3v) is 6.74. The fourth-order valence-corrected chi connectivity index (χ4v) is 4.89. The molecule has 4 rings (SSSR count). The standard InChI is InChI=1S/C17H20N4O6S/c1-17(11-19-10-15(21(22)23)18-16(19)27-17)12-26-13-4-6-14(7-5-13)28(24,25)20-8-2-3-9-20/h4-7,10H,2-3,8-9,11-12H2,1H3/t17-/m1/s1. The lowest BCUT2D eigenvalue weighted by Crippen LogP contribution is -2.38. The zero-order chi connectivity index (χ0) is 19.9. The molecule has 0 N–H and O–H groups in total. The molecular weight excluding hydrogens is 388 g/mol. The van der Waals surface area contributed by atoms with E-state index in [0.717, 1.165) is 12.8 Å². The van der Waals surface area contributed by atoms with Crippen LogP contribution in [0, 0.1) is 10.1 Å². The molecule has 0 unspecified atom stereocenters. The summed E-state index contributed by atoms with van der Waals surface area (Å²) in [5.41, 5.74) is -0.724. The van der Waals surface area contributed by atoms with E-state index in [4.69, 9.17) is 9.47 Å². The lowest BCUT2D eigenvalue weighted by molar-refractivity contribution is -0.389. The SMILES string of the molecule is C[C@]1(COc2ccc(S(=O)(=O)N3CCCC3)cc2)Cn2cc([N+](=O)[O-])nc2O1. The van der Waals surface area contributed by atoms with Crippen molar-refractivity contribution in [3.05, 3.63) is 40.6 Å². The second-order valence-corrected chi connectivity index (χ2v) is 9.13. The van der Waals surface area contributed by atoms with Gasteiger partial charge in [-0.2, -0.15) is 4.31 Å². The van der Waals surface area contributed by atoms with Gasteiger partial charge in [0.1, 0.15) is 18.6 Å². The highest BCUT2D eigenvalue weighted by atomic mass is 32.2. The monoisotopic (exact) mass is 408 g/mol. The number of aromatic nitrogens is 2. The molecule has 2 aromatic rings. The van der Waals surface area contributed by atoms with Gasteiger partial charge in [-0.25, -0.2) is 8.42 Å². The molecule has 2 aliphatic rings. The van der Waals surface area contributed by atoms with Crippen LogP contribution in [0.4, 0.5) is 5.82 Å². The summed E-state index contributed by atoms with van der Waals surface area (Å²) in [7, 11) is -3.45. The third-order valence-electron chi connectivity index (χ3n) is 4.83. The van der Waals surface area contributed by atoms with Crippen LogP contribution in [-0.2, 0) is 16.6 Å². The van der Waals surface area contributed by atoms with Gasteiger partial charge in [-0.15, -0.1) is 0 Å². The van der Waals surface area contributed by atoms with E-state index in [0.29, 0.717) is 25.4 Å². The van der Waals surface area contributed by atoms with Crippen molar-refractivity contribution in [3.63, 3.8) is 0 Å². The van der Waals surface area contributed by atoms with E-state index >= 15 is 0 Å². The molecule has 1 aromatic carbocycles. The van der Waals surface area contributed by atoms with Gasteiger partial charge in [0, 0.05) is 18.1 Å². The highest BCUT2D eigenvalue weighted by Gasteiger charge is 2.41. The summed E-state index contributed by atoms with van der Waals surface area (Å²) in [6.45, 7) is 3.49. The zero-order valence-corrected chi connectivity index (χ0v) is 16.1. The Morgan fingerprint density at radius 3 is 2.57 bits per heavy atom. The molecule has 0 saturated carbocycles. The van der Waals surface area contributed by atoms with E-state index in [9.17, 15) is 18.5 Å². The summed E-state index contributed by atoms with van der Waals surface area (Å²) in [6.07, 6.45) is 3.11. The fourth-order valence-electron chi connectivity index (χ4n) is 3.38. The van der Waals surface area contributed by atoms with Crippen LogP contribution in [0.25, 0.3) is 0 Å². The first-order valence-electron chi connectivity index (χ1n) is 8.90. The maximum Gasteiger partial charge on any atom is 0.415 e. The number of nitro groups is 1. The topological polar surface area (TPSA) is 117 Å². The Labute approximate surface area is 161 Å². The van der Waals surface area contributed by atoms with Gasteiger partial charge in [0.2, 0.25) is 10.0 Å². The largest absolute Gasteiger partial charge is 0.489 e. The van der Waals surface area contributed by atoms with Crippen LogP contribution >= 0.6 is 0 Å². The van der Waals surface area contributed by atoms with E-state index in [1.165, 1.54) is 22.6 Å². The zero-order valence-electron chi connectivity index (χ0n) is 15.3. The van der Waals surface area contributed by atoms with Crippen LogP contribution < -0.4 is 9.47 Å². The normalized spacial score (nSPS) is 22.0. The molecule has 1 fully saturated rings. The van der Waals surface area contributed by atoms with Gasteiger partial charge in [0.25, 0.3) is 0 Å². The Balaban J connectivity index is 1.39. The van der Waals surface area contributed by atoms with Crippen molar-refractivity contribution in [2.24, 2.45) is 0 Å². The third kappa shape index (κ3) is 3.42. The lowest BCUT2D eigenvalue weighted by Gasteiger charge is -2.22. The van der Waals surface area contributed by atoms with Crippen LogP contribution in [-0.4, -0.2) is 52.5 Å². The first kappa shape index (κ1) is 18.7. The lowest BCUT2D eigenvalue weighted by atomic mass is 10.1. The van der Waals surface area contributed by atoms with E-state index in [2.05, 4.69) is 4.98 Å². The van der Waals surface area contributed by atoms with Crippen molar-refractivity contribution in [2.45, 2.75) is 36.8 Å². The molecule has 0 bridgehead atoms. The minimum atomic E-state index is -3.45. The van der Waals surface area contributed by atoms with Crippen LogP contribution in [0.2, 0.25) is 0 Å². The highest BCUT2D eigenvalue weighted by Crippen LogP contribution is 2.31. The van der Waals surface area contributed by atoms with Crippen molar-refractivity contribution in [2.75, 3.05) is 19.7 Å². The predicted octanol–water partition coefficient (Wildman–Crippen LogP) is 1.81. The molecule has 0 spiro atoms. The van der Waals surface area contributed by atoms with Gasteiger partial charge in [-0.1, -0.05) is 0 Å². The van der Waals surface area contributed by atoms with Crippen molar-refractivity contribution in [1.82, 2.24) is 13.9 Å². The maximum atomic E-state index is 12.5. The molecule has 3 heterocycles. The van der Waals surface area contributed by atoms with E-state index in [1.807, 2.05) is 6.92 Å². The Morgan fingerprint density at radius 2 is 1.96 bits per heavy atom. The highest BCUT2D eigenvalue weighted by molar-refractivity contribution is 7.89. The van der Waals surface area contributed by atoms with Crippen LogP contribution in [0.1, 0.15) is 19.8 Å². The molecule has 1 aromatic heterocycles. The van der Waals surface area contributed by atoms with E-state index in [1.54, 1.807) is 16.7 Å². The minimum absolute atomic E-state index is 0.183. The van der Waals surface area contributed by atoms with Crippen LogP contribution in [0.15, 0.2) is 35.4 Å². The second-order valence-electron chi connectivity index (χ2n) is 7.19. The van der Waals surface area contributed by atoms with Gasteiger partial charge in [0.15, 0.2) is 5.60 Å². The Bertz CT molecular complexity index is 972. The summed E-state index contributed by atoms with van der Waals surface area (Å²) < 4.78 is 39.6. The van der Waals surface area contributed by atoms with Crippen LogP contribution in [0.5, 0.6) is 11.8 Å². The molecule has 150 valence electrons. The second kappa shape index (κ2) is 6.74. The molecule has 2 aliphatic heterocycles. The molecular formula is C17H20N4O6S. The van der Waals surface area contributed by atoms with E-state index < -0.39 is 20.5 Å². The molecule has 0 aliphatic carbocycles. The average molecular weight is 408 g/mol. The maximum absolute atomic E-state index is 12.5. The average Bonchev–Trinajstić information content (AvgIpc) is 3.36. The number of hydrogen-bond donors (Lipinski definition) is 0. The number of rotatable bonds is 6. The molecule has 11 heteroatoms. The first-order chi connectivity index (χ1) is 13.3. The van der Waals surface area contributed by atoms with Crippen molar-refractivity contribution >= 4 is 15.8 Å². The number of hydrogen-bond acceptors (Lipinski definition) is 7. The number of nitrogens with zero attached hydrogens (tertiary/aromatic N) is 4. The summed E-state index contributed by atoms with van der Waals surface area (Å²) >= 11 is 0. The van der Waals surface area contributed by atoms with Crippen molar-refractivity contribution < 1.29 is 22.8 Å². The van der Waals surface area contributed by atoms with Gasteiger partial charge >= 0.3 is 11.8 Å². The first-order valence-corrected chi connectivity index (χ1v) is 10.3. The van der Waals surface area contributed by atoms with Gasteiger partial charge in [-0.05, 0) is 49.0 Å². The Morgan fingerprint density at radius 1 is 1.29 bits per heavy atom. The van der Waals surface area contributed by atoms with Crippen molar-refractivity contribution in [3.8, 4) is 11.8 Å². The predicted molar refractivity (Wildman–Crippen MR) is 97.8 cm³/mol. The number of fused-ring (bicyclic) bond motifs is 1. The molecule has 1 atom stereocenters. The van der Waals surface area contributed by atoms with Crippen molar-refractivity contribution in [1.29, 1.82) is 0 Å². The number of ether oxygens (including phenoxy) is 2. The summed E-state index contributed by atoms with van der Waals surface area (Å²) in [4.78, 5) is 14.3. The molecule has 0 radical (unpaired) electrons. The Kier molecular flexibility index (Phi) is 4.50. The molecule has 28 heavy (non-hydrogen) atoms. The van der Waals surface area contributed by atoms with E-state index in [-0.39, 0.29) is 23.3 Å².